The van der Waals surface area contributed by atoms with Gasteiger partial charge in [0.2, 0.25) is 0 Å². The van der Waals surface area contributed by atoms with Gasteiger partial charge in [-0.15, -0.1) is 5.11 Å². The predicted molar refractivity (Wildman–Crippen MR) is 105 cm³/mol. The number of thiocarbonyl (C=S) groups is 1. The summed E-state index contributed by atoms with van der Waals surface area (Å²) in [6.45, 7) is 1.62. The van der Waals surface area contributed by atoms with Crippen LogP contribution in [0.4, 0.5) is 17.2 Å². The summed E-state index contributed by atoms with van der Waals surface area (Å²) >= 11 is 4.76. The normalized spacial score (nSPS) is 11.6. The molecule has 0 atom stereocenters. The highest BCUT2D eigenvalue weighted by Gasteiger charge is 2.15. The molecule has 0 radical (unpaired) electrons. The van der Waals surface area contributed by atoms with Crippen LogP contribution in [0.3, 0.4) is 0 Å². The van der Waals surface area contributed by atoms with Gasteiger partial charge in [0, 0.05) is 6.20 Å². The first-order chi connectivity index (χ1) is 13.3. The first-order valence-electron chi connectivity index (χ1n) is 7.70. The van der Waals surface area contributed by atoms with Crippen molar-refractivity contribution in [2.45, 2.75) is 11.8 Å². The monoisotopic (exact) mass is 418 g/mol. The van der Waals surface area contributed by atoms with E-state index in [1.165, 1.54) is 42.9 Å². The van der Waals surface area contributed by atoms with Gasteiger partial charge in [-0.2, -0.15) is 9.80 Å². The van der Waals surface area contributed by atoms with E-state index in [2.05, 4.69) is 30.0 Å². The second-order valence-corrected chi connectivity index (χ2v) is 7.56. The van der Waals surface area contributed by atoms with Gasteiger partial charge >= 0.3 is 5.56 Å². The highest BCUT2D eigenvalue weighted by molar-refractivity contribution is 7.92. The summed E-state index contributed by atoms with van der Waals surface area (Å²) < 4.78 is 28.0. The average molecular weight is 418 g/mol. The van der Waals surface area contributed by atoms with Gasteiger partial charge < -0.3 is 5.73 Å². The van der Waals surface area contributed by atoms with Crippen molar-refractivity contribution in [1.29, 1.82) is 0 Å². The second-order valence-electron chi connectivity index (χ2n) is 5.46. The summed E-state index contributed by atoms with van der Waals surface area (Å²) in [5, 5.41) is 10.4. The fourth-order valence-electron chi connectivity index (χ4n) is 2.16. The molecule has 0 aliphatic heterocycles. The van der Waals surface area contributed by atoms with Gasteiger partial charge in [-0.1, -0.05) is 0 Å². The van der Waals surface area contributed by atoms with Crippen molar-refractivity contribution in [2.75, 3.05) is 4.72 Å². The highest BCUT2D eigenvalue weighted by Crippen LogP contribution is 2.21. The maximum absolute atomic E-state index is 12.4. The Balaban J connectivity index is 1.81. The molecule has 0 aliphatic rings. The standard InChI is InChI=1S/C15H14N8O3S2/c1-9-13(14(24)23(21-9)15(16)27)20-19-10-2-4-11(5-3-10)28(25,26)22-12-6-7-17-8-18-12/h2-8,21H,1H3,(H2,16,27)(H,17,18,22). The van der Waals surface area contributed by atoms with Crippen molar-refractivity contribution in [2.24, 2.45) is 16.0 Å². The Labute approximate surface area is 164 Å². The van der Waals surface area contributed by atoms with Crippen molar-refractivity contribution in [3.63, 3.8) is 0 Å². The van der Waals surface area contributed by atoms with E-state index in [0.717, 1.165) is 4.68 Å². The molecule has 28 heavy (non-hydrogen) atoms. The number of azo groups is 1. The molecule has 0 bridgehead atoms. The van der Waals surface area contributed by atoms with Gasteiger partial charge in [-0.25, -0.2) is 18.4 Å². The molecule has 0 fully saturated rings. The molecule has 3 aromatic rings. The van der Waals surface area contributed by atoms with Gasteiger partial charge in [0.05, 0.1) is 16.3 Å². The zero-order valence-electron chi connectivity index (χ0n) is 14.4. The molecule has 4 N–H and O–H groups in total. The van der Waals surface area contributed by atoms with Gasteiger partial charge in [-0.05, 0) is 49.5 Å². The summed E-state index contributed by atoms with van der Waals surface area (Å²) in [7, 11) is -3.82. The van der Waals surface area contributed by atoms with E-state index in [1.54, 1.807) is 6.92 Å². The molecular formula is C15H14N8O3S2. The van der Waals surface area contributed by atoms with Crippen LogP contribution in [0.2, 0.25) is 0 Å². The van der Waals surface area contributed by atoms with Crippen molar-refractivity contribution in [1.82, 2.24) is 19.7 Å². The zero-order valence-corrected chi connectivity index (χ0v) is 16.0. The van der Waals surface area contributed by atoms with E-state index in [4.69, 9.17) is 18.0 Å². The Morgan fingerprint density at radius 2 is 1.96 bits per heavy atom. The van der Waals surface area contributed by atoms with E-state index in [-0.39, 0.29) is 21.5 Å². The topological polar surface area (TPSA) is 160 Å². The van der Waals surface area contributed by atoms with Crippen LogP contribution < -0.4 is 16.0 Å². The first-order valence-corrected chi connectivity index (χ1v) is 9.59. The van der Waals surface area contributed by atoms with E-state index in [9.17, 15) is 13.2 Å². The van der Waals surface area contributed by atoms with Crippen LogP contribution in [0.1, 0.15) is 5.69 Å². The van der Waals surface area contributed by atoms with Crippen molar-refractivity contribution in [3.8, 4) is 0 Å². The van der Waals surface area contributed by atoms with Crippen LogP contribution >= 0.6 is 12.2 Å². The Hall–Kier alpha value is -3.45. The number of hydrogen-bond acceptors (Lipinski definition) is 8. The summed E-state index contributed by atoms with van der Waals surface area (Å²) in [4.78, 5) is 19.7. The molecule has 11 nitrogen and oxygen atoms in total. The third kappa shape index (κ3) is 4.10. The number of anilines is 1. The van der Waals surface area contributed by atoms with Crippen LogP contribution in [0.5, 0.6) is 0 Å². The lowest BCUT2D eigenvalue weighted by Crippen LogP contribution is -2.29. The number of sulfonamides is 1. The number of nitrogens with zero attached hydrogens (tertiary/aromatic N) is 5. The Kier molecular flexibility index (Phi) is 5.28. The summed E-state index contributed by atoms with van der Waals surface area (Å²) in [5.41, 5.74) is 5.75. The quantitative estimate of drug-likeness (QED) is 0.419. The van der Waals surface area contributed by atoms with Crippen molar-refractivity contribution >= 4 is 44.5 Å². The molecule has 0 saturated heterocycles. The fourth-order valence-corrected chi connectivity index (χ4v) is 3.29. The molecule has 0 spiro atoms. The number of H-pyrrole nitrogens is 1. The molecule has 3 rings (SSSR count). The minimum Gasteiger partial charge on any atom is -0.374 e. The zero-order chi connectivity index (χ0) is 20.3. The third-order valence-electron chi connectivity index (χ3n) is 3.49. The maximum Gasteiger partial charge on any atom is 0.301 e. The molecule has 2 aromatic heterocycles. The van der Waals surface area contributed by atoms with Gasteiger partial charge in [0.1, 0.15) is 12.1 Å². The van der Waals surface area contributed by atoms with E-state index in [0.29, 0.717) is 11.4 Å². The number of aromatic amines is 1. The minimum atomic E-state index is -3.82. The van der Waals surface area contributed by atoms with E-state index in [1.807, 2.05) is 0 Å². The summed E-state index contributed by atoms with van der Waals surface area (Å²) in [6, 6.07) is 7.04. The van der Waals surface area contributed by atoms with Crippen LogP contribution in [-0.4, -0.2) is 33.3 Å². The van der Waals surface area contributed by atoms with Crippen LogP contribution in [0.25, 0.3) is 0 Å². The summed E-state index contributed by atoms with van der Waals surface area (Å²) in [5.74, 6) is 0.149. The molecule has 144 valence electrons. The van der Waals surface area contributed by atoms with Gasteiger partial charge in [0.25, 0.3) is 10.0 Å². The molecule has 0 aliphatic carbocycles. The molecule has 2 heterocycles. The lowest BCUT2D eigenvalue weighted by atomic mass is 10.3. The van der Waals surface area contributed by atoms with Crippen LogP contribution in [0.15, 0.2) is 62.8 Å². The largest absolute Gasteiger partial charge is 0.374 e. The number of benzene rings is 1. The minimum absolute atomic E-state index is 0.0127. The number of hydrogen-bond donors (Lipinski definition) is 3. The average Bonchev–Trinajstić information content (AvgIpc) is 2.95. The third-order valence-corrected chi connectivity index (χ3v) is 5.05. The molecular weight excluding hydrogens is 404 g/mol. The number of nitrogens with one attached hydrogen (secondary N) is 2. The van der Waals surface area contributed by atoms with E-state index < -0.39 is 15.6 Å². The first kappa shape index (κ1) is 19.3. The Bertz CT molecular complexity index is 1200. The fraction of sp³-hybridized carbons (Fsp3) is 0.0667. The smallest absolute Gasteiger partial charge is 0.301 e. The predicted octanol–water partition coefficient (Wildman–Crippen LogP) is 1.58. The Morgan fingerprint density at radius 1 is 1.25 bits per heavy atom. The second kappa shape index (κ2) is 7.66. The molecule has 0 saturated carbocycles. The summed E-state index contributed by atoms with van der Waals surface area (Å²) in [6.07, 6.45) is 2.65. The van der Waals surface area contributed by atoms with Crippen LogP contribution in [-0.2, 0) is 10.0 Å². The van der Waals surface area contributed by atoms with E-state index >= 15 is 0 Å². The van der Waals surface area contributed by atoms with Crippen molar-refractivity contribution in [3.05, 3.63) is 58.9 Å². The number of nitrogens with two attached hydrogens (primary N) is 1. The lowest BCUT2D eigenvalue weighted by Gasteiger charge is -2.06. The highest BCUT2D eigenvalue weighted by atomic mass is 32.2. The molecule has 1 aromatic carbocycles. The Morgan fingerprint density at radius 3 is 2.54 bits per heavy atom. The van der Waals surface area contributed by atoms with Gasteiger partial charge in [-0.3, -0.25) is 14.6 Å². The SMILES string of the molecule is Cc1[nH]n(C(N)=S)c(=O)c1N=Nc1ccc(S(=O)(=O)Nc2ccncn2)cc1. The number of aromatic nitrogens is 4. The maximum atomic E-state index is 12.4. The number of aryl methyl sites for hydroxylation is 1. The van der Waals surface area contributed by atoms with Crippen molar-refractivity contribution < 1.29 is 8.42 Å². The molecule has 13 heteroatoms. The van der Waals surface area contributed by atoms with Gasteiger partial charge in [0.15, 0.2) is 10.8 Å². The molecule has 0 unspecified atom stereocenters. The lowest BCUT2D eigenvalue weighted by molar-refractivity contribution is 0.601. The number of rotatable bonds is 5. The molecule has 0 amide bonds. The van der Waals surface area contributed by atoms with Crippen LogP contribution in [0, 0.1) is 6.92 Å².